The van der Waals surface area contributed by atoms with Gasteiger partial charge in [0.15, 0.2) is 0 Å². The van der Waals surface area contributed by atoms with Crippen LogP contribution in [0.2, 0.25) is 0 Å². The lowest BCUT2D eigenvalue weighted by Crippen LogP contribution is -2.02. The third-order valence-electron chi connectivity index (χ3n) is 4.77. The maximum atomic E-state index is 12.6. The number of allylic oxidation sites excluding steroid dienone is 1. The predicted octanol–water partition coefficient (Wildman–Crippen LogP) is 5.13. The highest BCUT2D eigenvalue weighted by Gasteiger charge is 2.18. The molecule has 1 aromatic heterocycles. The van der Waals surface area contributed by atoms with Crippen LogP contribution in [0.15, 0.2) is 46.9 Å². The van der Waals surface area contributed by atoms with Crippen LogP contribution < -0.4 is 4.74 Å². The van der Waals surface area contributed by atoms with E-state index in [2.05, 4.69) is 22.3 Å². The van der Waals surface area contributed by atoms with Gasteiger partial charge in [-0.25, -0.2) is 0 Å². The molecule has 0 saturated heterocycles. The number of ether oxygens (including phenoxy) is 1. The van der Waals surface area contributed by atoms with Crippen molar-refractivity contribution in [3.63, 3.8) is 0 Å². The van der Waals surface area contributed by atoms with Gasteiger partial charge >= 0.3 is 0 Å². The van der Waals surface area contributed by atoms with E-state index in [1.807, 2.05) is 37.3 Å². The van der Waals surface area contributed by atoms with Crippen LogP contribution in [0.5, 0.6) is 5.75 Å². The maximum Gasteiger partial charge on any atom is 0.222 e. The van der Waals surface area contributed by atoms with Crippen molar-refractivity contribution in [1.82, 2.24) is 10.2 Å². The van der Waals surface area contributed by atoms with Gasteiger partial charge in [-0.2, -0.15) is 5.26 Å². The van der Waals surface area contributed by atoms with Crippen molar-refractivity contribution in [3.8, 4) is 11.8 Å². The fourth-order valence-electron chi connectivity index (χ4n) is 3.40. The number of aromatic nitrogens is 2. The monoisotopic (exact) mass is 433 g/mol. The number of benzene rings is 2. The molecule has 0 aliphatic carbocycles. The number of carbonyl (C=O) groups is 1. The van der Waals surface area contributed by atoms with Crippen molar-refractivity contribution in [3.05, 3.63) is 82.1 Å². The van der Waals surface area contributed by atoms with Crippen molar-refractivity contribution in [1.29, 1.82) is 5.26 Å². The number of hydrogen-bond acceptors (Lipinski definition) is 7. The van der Waals surface area contributed by atoms with Crippen molar-refractivity contribution in [2.75, 3.05) is 13.4 Å². The molecular weight excluding hydrogens is 410 g/mol. The first kappa shape index (κ1) is 22.3. The largest absolute Gasteiger partial charge is 0.496 e. The third-order valence-corrected chi connectivity index (χ3v) is 5.36. The number of aryl methyl sites for hydroxylation is 3. The van der Waals surface area contributed by atoms with E-state index >= 15 is 0 Å². The van der Waals surface area contributed by atoms with E-state index in [1.54, 1.807) is 26.4 Å². The van der Waals surface area contributed by atoms with Gasteiger partial charge in [0.25, 0.3) is 0 Å². The highest BCUT2D eigenvalue weighted by Crippen LogP contribution is 2.33. The van der Waals surface area contributed by atoms with Gasteiger partial charge in [-0.3, -0.25) is 4.79 Å². The molecule has 0 aliphatic rings. The summed E-state index contributed by atoms with van der Waals surface area (Å²) in [5.41, 5.74) is 4.67. The molecule has 0 fully saturated rings. The van der Waals surface area contributed by atoms with Crippen LogP contribution in [0.3, 0.4) is 0 Å². The summed E-state index contributed by atoms with van der Waals surface area (Å²) >= 11 is 1.15. The lowest BCUT2D eigenvalue weighted by Gasteiger charge is -2.15. The summed E-state index contributed by atoms with van der Waals surface area (Å²) in [5, 5.41) is 17.2. The molecule has 0 radical (unpaired) electrons. The van der Waals surface area contributed by atoms with Crippen LogP contribution in [0.1, 0.15) is 50.8 Å². The molecular formula is C24H23N3O3S. The quantitative estimate of drug-likeness (QED) is 0.510. The molecule has 6 nitrogen and oxygen atoms in total. The normalized spacial score (nSPS) is 11.3. The number of nitrogens with zero attached hydrogens (tertiary/aromatic N) is 3. The average Bonchev–Trinajstić information content (AvgIpc) is 3.20. The lowest BCUT2D eigenvalue weighted by atomic mass is 9.92. The topological polar surface area (TPSA) is 89.0 Å². The van der Waals surface area contributed by atoms with Crippen LogP contribution in [-0.4, -0.2) is 28.7 Å². The van der Waals surface area contributed by atoms with Crippen LogP contribution in [0, 0.1) is 25.2 Å². The third kappa shape index (κ3) is 5.22. The van der Waals surface area contributed by atoms with Gasteiger partial charge in [0.2, 0.25) is 16.9 Å². The standard InChI is InChI=1S/C24H23N3O3S/c1-15-11-19(13-21(23(15)29-3)24(28)31-4)20(18-8-5-7-17(12-18)14-25)9-6-10-22-27-26-16(2)30-22/h5,7-9,11-13H,6,10H2,1-4H3/b20-9-. The van der Waals surface area contributed by atoms with E-state index in [-0.39, 0.29) is 5.12 Å². The molecule has 1 heterocycles. The van der Waals surface area contributed by atoms with Crippen molar-refractivity contribution >= 4 is 22.5 Å². The van der Waals surface area contributed by atoms with E-state index in [0.29, 0.717) is 41.5 Å². The molecule has 2 aromatic carbocycles. The Balaban J connectivity index is 2.09. The van der Waals surface area contributed by atoms with Gasteiger partial charge < -0.3 is 9.15 Å². The van der Waals surface area contributed by atoms with Crippen LogP contribution in [-0.2, 0) is 6.42 Å². The SMILES string of the molecule is COc1c(C)cc(/C(=C\CCc2nnc(C)o2)c2cccc(C#N)c2)cc1C(=O)SC. The van der Waals surface area contributed by atoms with Gasteiger partial charge in [0, 0.05) is 13.3 Å². The Morgan fingerprint density at radius 2 is 2.03 bits per heavy atom. The zero-order valence-electron chi connectivity index (χ0n) is 17.9. The smallest absolute Gasteiger partial charge is 0.222 e. The molecule has 31 heavy (non-hydrogen) atoms. The first-order chi connectivity index (χ1) is 15.0. The minimum atomic E-state index is -0.0618. The summed E-state index contributed by atoms with van der Waals surface area (Å²) in [6.07, 6.45) is 5.08. The number of hydrogen-bond donors (Lipinski definition) is 0. The Labute approximate surface area is 185 Å². The molecule has 158 valence electrons. The van der Waals surface area contributed by atoms with Gasteiger partial charge in [-0.1, -0.05) is 30.0 Å². The van der Waals surface area contributed by atoms with Crippen LogP contribution in [0.25, 0.3) is 5.57 Å². The highest BCUT2D eigenvalue weighted by atomic mass is 32.2. The summed E-state index contributed by atoms with van der Waals surface area (Å²) in [5.74, 6) is 1.68. The second-order valence-corrected chi connectivity index (χ2v) is 7.71. The molecule has 0 saturated carbocycles. The summed E-state index contributed by atoms with van der Waals surface area (Å²) < 4.78 is 11.0. The zero-order chi connectivity index (χ0) is 22.4. The van der Waals surface area contributed by atoms with Gasteiger partial charge in [0.1, 0.15) is 5.75 Å². The van der Waals surface area contributed by atoms with Gasteiger partial charge in [-0.05, 0) is 66.1 Å². The summed E-state index contributed by atoms with van der Waals surface area (Å²) in [6, 6.07) is 13.5. The zero-order valence-corrected chi connectivity index (χ0v) is 18.7. The Kier molecular flexibility index (Phi) is 7.27. The van der Waals surface area contributed by atoms with E-state index in [4.69, 9.17) is 9.15 Å². The summed E-state index contributed by atoms with van der Waals surface area (Å²) in [6.45, 7) is 3.68. The molecule has 0 spiro atoms. The van der Waals surface area contributed by atoms with Gasteiger partial charge in [0.05, 0.1) is 24.3 Å². The van der Waals surface area contributed by atoms with Crippen LogP contribution >= 0.6 is 11.8 Å². The Bertz CT molecular complexity index is 1180. The fourth-order valence-corrected chi connectivity index (χ4v) is 3.77. The van der Waals surface area contributed by atoms with Crippen molar-refractivity contribution in [2.24, 2.45) is 0 Å². The first-order valence-electron chi connectivity index (χ1n) is 9.73. The Hall–Kier alpha value is -3.37. The number of thioether (sulfide) groups is 1. The van der Waals surface area contributed by atoms with E-state index < -0.39 is 0 Å². The maximum absolute atomic E-state index is 12.6. The van der Waals surface area contributed by atoms with E-state index in [9.17, 15) is 10.1 Å². The number of methoxy groups -OCH3 is 1. The van der Waals surface area contributed by atoms with E-state index in [0.717, 1.165) is 34.0 Å². The summed E-state index contributed by atoms with van der Waals surface area (Å²) in [4.78, 5) is 12.6. The predicted molar refractivity (Wildman–Crippen MR) is 121 cm³/mol. The molecule has 7 heteroatoms. The van der Waals surface area contributed by atoms with Crippen molar-refractivity contribution < 1.29 is 13.9 Å². The number of carbonyl (C=O) groups excluding carboxylic acids is 1. The Morgan fingerprint density at radius 3 is 2.68 bits per heavy atom. The second kappa shape index (κ2) is 10.1. The molecule has 0 atom stereocenters. The highest BCUT2D eigenvalue weighted by molar-refractivity contribution is 8.13. The minimum absolute atomic E-state index is 0.0618. The molecule has 0 unspecified atom stereocenters. The number of rotatable bonds is 7. The molecule has 3 aromatic rings. The molecule has 0 bridgehead atoms. The first-order valence-corrected chi connectivity index (χ1v) is 11.0. The molecule has 3 rings (SSSR count). The fraction of sp³-hybridized carbons (Fsp3) is 0.250. The minimum Gasteiger partial charge on any atom is -0.496 e. The average molecular weight is 434 g/mol. The molecule has 0 amide bonds. The number of nitriles is 1. The van der Waals surface area contributed by atoms with Crippen molar-refractivity contribution in [2.45, 2.75) is 26.7 Å². The Morgan fingerprint density at radius 1 is 1.23 bits per heavy atom. The molecule has 0 aliphatic heterocycles. The molecule has 0 N–H and O–H groups in total. The van der Waals surface area contributed by atoms with E-state index in [1.165, 1.54) is 0 Å². The van der Waals surface area contributed by atoms with Gasteiger partial charge in [-0.15, -0.1) is 10.2 Å². The summed E-state index contributed by atoms with van der Waals surface area (Å²) in [7, 11) is 1.57. The lowest BCUT2D eigenvalue weighted by molar-refractivity contribution is 0.108. The van der Waals surface area contributed by atoms with Crippen LogP contribution in [0.4, 0.5) is 0 Å². The second-order valence-electron chi connectivity index (χ2n) is 6.93.